The van der Waals surface area contributed by atoms with Gasteiger partial charge in [0.1, 0.15) is 16.7 Å². The SMILES string of the molecule is C=C1/C=C(N2NOc3ccccc32)\C=C/CN(c2ccc(NCC)c(-c3cccc(Nc4ccc(C(=Nc5ccccc5C)C5CCC5)cc4/C=C/C(=C\S)c4nc5ccccc5o4)c3)c2)c2ccc(-c3nc4ccccc4o3)cc21. The van der Waals surface area contributed by atoms with Crippen LogP contribution in [0.3, 0.4) is 0 Å². The summed E-state index contributed by atoms with van der Waals surface area (Å²) in [6, 6.07) is 60.2. The first kappa shape index (κ1) is 50.9. The molecule has 0 saturated heterocycles. The Labute approximate surface area is 476 Å². The van der Waals surface area contributed by atoms with Gasteiger partial charge in [0.15, 0.2) is 16.9 Å². The van der Waals surface area contributed by atoms with Gasteiger partial charge < -0.3 is 29.2 Å². The number of thiol groups is 1. The number of rotatable bonds is 14. The van der Waals surface area contributed by atoms with Crippen LogP contribution in [0.5, 0.6) is 5.75 Å². The molecule has 2 aliphatic heterocycles. The van der Waals surface area contributed by atoms with E-state index in [-0.39, 0.29) is 0 Å². The molecule has 3 aliphatic rings. The molecule has 2 aromatic heterocycles. The first-order chi connectivity index (χ1) is 39.8. The molecule has 4 heterocycles. The molecule has 0 unspecified atom stereocenters. The number of aliphatic imine (C=N–C) groups is 1. The van der Waals surface area contributed by atoms with Crippen LogP contribution < -0.4 is 31.0 Å². The minimum Gasteiger partial charge on any atom is -0.436 e. The first-order valence-electron chi connectivity index (χ1n) is 27.4. The summed E-state index contributed by atoms with van der Waals surface area (Å²) >= 11 is 4.64. The van der Waals surface area contributed by atoms with Crippen molar-refractivity contribution in [3.8, 4) is 28.3 Å². The van der Waals surface area contributed by atoms with Crippen molar-refractivity contribution in [2.75, 3.05) is 33.6 Å². The summed E-state index contributed by atoms with van der Waals surface area (Å²) in [5.74, 6) is 2.16. The third-order valence-corrected chi connectivity index (χ3v) is 15.4. The van der Waals surface area contributed by atoms with Gasteiger partial charge in [-0.25, -0.2) is 15.0 Å². The number of anilines is 6. The number of para-hydroxylation sites is 7. The fourth-order valence-corrected chi connectivity index (χ4v) is 10.9. The van der Waals surface area contributed by atoms with Gasteiger partial charge in [-0.1, -0.05) is 104 Å². The lowest BCUT2D eigenvalue weighted by Gasteiger charge is -2.28. The summed E-state index contributed by atoms with van der Waals surface area (Å²) in [5, 5.41) is 11.2. The lowest BCUT2D eigenvalue weighted by Crippen LogP contribution is -2.33. The van der Waals surface area contributed by atoms with Crippen molar-refractivity contribution >= 4 is 97.6 Å². The number of aromatic nitrogens is 2. The van der Waals surface area contributed by atoms with Crippen molar-refractivity contribution in [3.05, 3.63) is 246 Å². The Morgan fingerprint density at radius 2 is 1.56 bits per heavy atom. The monoisotopic (exact) mass is 1080 g/mol. The maximum absolute atomic E-state index is 6.33. The highest BCUT2D eigenvalue weighted by atomic mass is 32.1. The maximum Gasteiger partial charge on any atom is 0.227 e. The summed E-state index contributed by atoms with van der Waals surface area (Å²) < 4.78 is 12.5. The van der Waals surface area contributed by atoms with E-state index in [1.807, 2.05) is 83.9 Å². The van der Waals surface area contributed by atoms with Crippen LogP contribution in [-0.4, -0.2) is 28.8 Å². The molecule has 3 N–H and O–H groups in total. The molecule has 1 saturated carbocycles. The molecule has 0 atom stereocenters. The summed E-state index contributed by atoms with van der Waals surface area (Å²) in [6.45, 7) is 10.2. The van der Waals surface area contributed by atoms with Crippen LogP contribution in [0, 0.1) is 12.8 Å². The van der Waals surface area contributed by atoms with E-state index in [0.717, 1.165) is 149 Å². The second kappa shape index (κ2) is 22.3. The number of nitrogens with one attached hydrogen (secondary N) is 3. The molecule has 11 nitrogen and oxygen atoms in total. The van der Waals surface area contributed by atoms with Gasteiger partial charge in [-0.15, -0.1) is 0 Å². The molecule has 0 radical (unpaired) electrons. The van der Waals surface area contributed by atoms with E-state index in [2.05, 4.69) is 175 Å². The molecule has 13 rings (SSSR count). The van der Waals surface area contributed by atoms with Gasteiger partial charge in [0.05, 0.1) is 17.1 Å². The summed E-state index contributed by atoms with van der Waals surface area (Å²) in [5.41, 5.74) is 23.5. The fourth-order valence-electron chi connectivity index (χ4n) is 10.7. The first-order valence-corrected chi connectivity index (χ1v) is 27.9. The van der Waals surface area contributed by atoms with Crippen LogP contribution in [0.15, 0.2) is 232 Å². The van der Waals surface area contributed by atoms with Crippen LogP contribution in [0.1, 0.15) is 54.3 Å². The minimum absolute atomic E-state index is 0.380. The van der Waals surface area contributed by atoms with Gasteiger partial charge in [0, 0.05) is 69.7 Å². The highest BCUT2D eigenvalue weighted by Crippen LogP contribution is 2.43. The van der Waals surface area contributed by atoms with Crippen LogP contribution in [0.25, 0.3) is 62.0 Å². The third-order valence-electron chi connectivity index (χ3n) is 15.1. The molecule has 0 spiro atoms. The topological polar surface area (TPSA) is 116 Å². The molecule has 12 heteroatoms. The van der Waals surface area contributed by atoms with Gasteiger partial charge in [-0.05, 0) is 181 Å². The highest BCUT2D eigenvalue weighted by Gasteiger charge is 2.27. The zero-order valence-electron chi connectivity index (χ0n) is 44.9. The summed E-state index contributed by atoms with van der Waals surface area (Å²) in [6.07, 6.45) is 13.9. The van der Waals surface area contributed by atoms with Crippen LogP contribution in [0.4, 0.5) is 39.8 Å². The minimum atomic E-state index is 0.380. The van der Waals surface area contributed by atoms with Crippen molar-refractivity contribution < 1.29 is 13.7 Å². The second-order valence-electron chi connectivity index (χ2n) is 20.4. The number of hydrogen-bond acceptors (Lipinski definition) is 12. The number of nitrogens with zero attached hydrogens (tertiary/aromatic N) is 5. The lowest BCUT2D eigenvalue weighted by atomic mass is 9.79. The highest BCUT2D eigenvalue weighted by molar-refractivity contribution is 7.83. The molecule has 1 aliphatic carbocycles. The quantitative estimate of drug-likeness (QED) is 0.0477. The average Bonchev–Trinajstić information content (AvgIpc) is 4.38. The largest absolute Gasteiger partial charge is 0.436 e. The van der Waals surface area contributed by atoms with E-state index in [1.165, 1.54) is 6.42 Å². The van der Waals surface area contributed by atoms with Crippen molar-refractivity contribution in [3.63, 3.8) is 0 Å². The molecular formula is C69H58N8O3S. The van der Waals surface area contributed by atoms with Gasteiger partial charge >= 0.3 is 0 Å². The number of oxazole rings is 2. The van der Waals surface area contributed by atoms with Crippen molar-refractivity contribution in [2.24, 2.45) is 10.9 Å². The van der Waals surface area contributed by atoms with E-state index >= 15 is 0 Å². The second-order valence-corrected chi connectivity index (χ2v) is 20.7. The Morgan fingerprint density at radius 1 is 0.765 bits per heavy atom. The molecule has 81 heavy (non-hydrogen) atoms. The Bertz CT molecular complexity index is 4150. The molecule has 0 amide bonds. The Morgan fingerprint density at radius 3 is 2.36 bits per heavy atom. The molecule has 10 aromatic rings. The Balaban J connectivity index is 0.876. The van der Waals surface area contributed by atoms with E-state index < -0.39 is 0 Å². The normalized spacial score (nSPS) is 15.8. The molecular weight excluding hydrogens is 1020 g/mol. The zero-order chi connectivity index (χ0) is 54.8. The maximum atomic E-state index is 6.33. The number of hydrogen-bond donors (Lipinski definition) is 4. The van der Waals surface area contributed by atoms with Crippen molar-refractivity contribution in [2.45, 2.75) is 33.1 Å². The smallest absolute Gasteiger partial charge is 0.227 e. The van der Waals surface area contributed by atoms with Crippen molar-refractivity contribution in [1.29, 1.82) is 0 Å². The summed E-state index contributed by atoms with van der Waals surface area (Å²) in [7, 11) is 0. The van der Waals surface area contributed by atoms with Gasteiger partial charge in [0.2, 0.25) is 11.8 Å². The average molecular weight is 1080 g/mol. The standard InChI is InChI=1S/C69H58N8O3S/c1-4-70-59-35-33-53(76-37-15-21-54(77-63-25-9-12-28-66(63)80-75-77)38-45(3)55-41-50(32-36-62(55)76)68-73-60-23-7-10-26-64(60)78-68)42-56(59)47-19-14-20-52(40-47)71-58-34-31-49(67(46-17-13-18-46)72-57-22-6-5-16-44(57)2)39-48(58)29-30-51(43-81)69-74-61-24-8-11-27-65(61)79-69/h5-12,14-16,19-36,38-43,46,70-71,75,81H,3-4,13,17-18,37H2,1-2H3/b21-15-,30-29+,51-43+,54-38+,72-67?. The number of allylic oxidation sites excluding steroid dienone is 5. The molecule has 0 bridgehead atoms. The van der Waals surface area contributed by atoms with Crippen molar-refractivity contribution in [1.82, 2.24) is 15.6 Å². The molecule has 398 valence electrons. The number of benzene rings is 8. The predicted octanol–water partition coefficient (Wildman–Crippen LogP) is 17.6. The van der Waals surface area contributed by atoms with E-state index in [9.17, 15) is 0 Å². The third kappa shape index (κ3) is 10.3. The zero-order valence-corrected chi connectivity index (χ0v) is 45.8. The van der Waals surface area contributed by atoms with Crippen LogP contribution in [-0.2, 0) is 0 Å². The van der Waals surface area contributed by atoms with Gasteiger partial charge in [-0.2, -0.15) is 12.6 Å². The van der Waals surface area contributed by atoms with E-state index in [1.54, 1.807) is 5.41 Å². The Kier molecular flexibility index (Phi) is 14.0. The van der Waals surface area contributed by atoms with Crippen LogP contribution >= 0.6 is 12.6 Å². The van der Waals surface area contributed by atoms with Gasteiger partial charge in [-0.3, -0.25) is 4.99 Å². The Hall–Kier alpha value is -9.62. The predicted molar refractivity (Wildman–Crippen MR) is 336 cm³/mol. The number of aryl methyl sites for hydroxylation is 1. The number of hydrazine groups is 1. The fraction of sp³-hybridized carbons (Fsp3) is 0.116. The molecule has 8 aromatic carbocycles. The lowest BCUT2D eigenvalue weighted by molar-refractivity contribution is 0.223. The summed E-state index contributed by atoms with van der Waals surface area (Å²) in [4.78, 5) is 23.3. The van der Waals surface area contributed by atoms with Crippen LogP contribution in [0.2, 0.25) is 0 Å². The number of fused-ring (bicyclic) bond motifs is 4. The van der Waals surface area contributed by atoms with E-state index in [4.69, 9.17) is 35.2 Å². The molecule has 1 fully saturated rings. The van der Waals surface area contributed by atoms with Gasteiger partial charge in [0.25, 0.3) is 0 Å². The van der Waals surface area contributed by atoms with E-state index in [0.29, 0.717) is 24.2 Å².